The zero-order valence-electron chi connectivity index (χ0n) is 10.8. The number of nitrogens with zero attached hydrogens (tertiary/aromatic N) is 1. The average Bonchev–Trinajstić information content (AvgIpc) is 2.27. The first-order valence-electron chi connectivity index (χ1n) is 6.47. The van der Waals surface area contributed by atoms with Crippen molar-refractivity contribution in [3.8, 4) is 0 Å². The third kappa shape index (κ3) is 6.88. The number of hydrogen-bond acceptors (Lipinski definition) is 3. The Morgan fingerprint density at radius 1 is 1.07 bits per heavy atom. The first-order chi connectivity index (χ1) is 7.29. The molecule has 1 unspecified atom stereocenters. The number of rotatable bonds is 10. The molecule has 0 aromatic rings. The van der Waals surface area contributed by atoms with E-state index in [2.05, 4.69) is 31.0 Å². The number of unbranched alkanes of at least 4 members (excludes halogenated alkanes) is 2. The molecular formula is C12H29N3. The Morgan fingerprint density at radius 2 is 1.60 bits per heavy atom. The molecule has 0 saturated heterocycles. The van der Waals surface area contributed by atoms with Gasteiger partial charge in [0.25, 0.3) is 0 Å². The topological polar surface area (TPSA) is 41.3 Å². The standard InChI is InChI=1S/C12H29N3/c1-4-7-9-15(10-8-5-2)12(11-13)14-6-3/h12,14H,4-11,13H2,1-3H3. The molecule has 0 aromatic carbocycles. The molecular weight excluding hydrogens is 186 g/mol. The molecule has 0 saturated carbocycles. The highest BCUT2D eigenvalue weighted by Gasteiger charge is 2.14. The van der Waals surface area contributed by atoms with Gasteiger partial charge in [0.05, 0.1) is 6.17 Å². The van der Waals surface area contributed by atoms with Gasteiger partial charge in [-0.3, -0.25) is 4.90 Å². The fraction of sp³-hybridized carbons (Fsp3) is 1.00. The van der Waals surface area contributed by atoms with Gasteiger partial charge in [-0.15, -0.1) is 0 Å². The van der Waals surface area contributed by atoms with Crippen LogP contribution in [0.5, 0.6) is 0 Å². The highest BCUT2D eigenvalue weighted by atomic mass is 15.3. The summed E-state index contributed by atoms with van der Waals surface area (Å²) >= 11 is 0. The second-order valence-corrected chi connectivity index (χ2v) is 4.05. The molecule has 15 heavy (non-hydrogen) atoms. The zero-order chi connectivity index (χ0) is 11.5. The van der Waals surface area contributed by atoms with E-state index in [9.17, 15) is 0 Å². The van der Waals surface area contributed by atoms with Gasteiger partial charge in [0, 0.05) is 6.54 Å². The fourth-order valence-electron chi connectivity index (χ4n) is 1.74. The fourth-order valence-corrected chi connectivity index (χ4v) is 1.74. The minimum atomic E-state index is 0.369. The van der Waals surface area contributed by atoms with Gasteiger partial charge in [-0.1, -0.05) is 33.6 Å². The molecule has 0 aromatic heterocycles. The lowest BCUT2D eigenvalue weighted by Gasteiger charge is -2.31. The van der Waals surface area contributed by atoms with E-state index in [1.54, 1.807) is 0 Å². The Kier molecular flexibility index (Phi) is 10.3. The van der Waals surface area contributed by atoms with Crippen LogP contribution in [-0.2, 0) is 0 Å². The van der Waals surface area contributed by atoms with E-state index in [1.807, 2.05) is 0 Å². The van der Waals surface area contributed by atoms with Crippen LogP contribution in [0.1, 0.15) is 46.5 Å². The van der Waals surface area contributed by atoms with Crippen LogP contribution >= 0.6 is 0 Å². The maximum atomic E-state index is 5.80. The van der Waals surface area contributed by atoms with Crippen LogP contribution in [0.15, 0.2) is 0 Å². The quantitative estimate of drug-likeness (QED) is 0.546. The predicted octanol–water partition coefficient (Wildman–Crippen LogP) is 1.78. The largest absolute Gasteiger partial charge is 0.328 e. The predicted molar refractivity (Wildman–Crippen MR) is 67.9 cm³/mol. The van der Waals surface area contributed by atoms with Crippen molar-refractivity contribution in [1.29, 1.82) is 0 Å². The van der Waals surface area contributed by atoms with Gasteiger partial charge in [0.1, 0.15) is 0 Å². The van der Waals surface area contributed by atoms with Crippen molar-refractivity contribution < 1.29 is 0 Å². The van der Waals surface area contributed by atoms with Gasteiger partial charge in [0.15, 0.2) is 0 Å². The molecule has 3 nitrogen and oxygen atoms in total. The highest BCUT2D eigenvalue weighted by molar-refractivity contribution is 4.70. The minimum Gasteiger partial charge on any atom is -0.328 e. The Morgan fingerprint density at radius 3 is 1.93 bits per heavy atom. The summed E-state index contributed by atoms with van der Waals surface area (Å²) in [6.45, 7) is 10.7. The smallest absolute Gasteiger partial charge is 0.0723 e. The number of likely N-dealkylation sites (N-methyl/N-ethyl adjacent to an activating group) is 1. The summed E-state index contributed by atoms with van der Waals surface area (Å²) < 4.78 is 0. The second-order valence-electron chi connectivity index (χ2n) is 4.05. The Balaban J connectivity index is 4.02. The van der Waals surface area contributed by atoms with Gasteiger partial charge in [-0.2, -0.15) is 0 Å². The van der Waals surface area contributed by atoms with E-state index >= 15 is 0 Å². The molecule has 0 fully saturated rings. The van der Waals surface area contributed by atoms with Crippen LogP contribution in [0, 0.1) is 0 Å². The Hall–Kier alpha value is -0.120. The summed E-state index contributed by atoms with van der Waals surface area (Å²) in [5.41, 5.74) is 5.80. The van der Waals surface area contributed by atoms with Crippen LogP contribution in [0.2, 0.25) is 0 Å². The van der Waals surface area contributed by atoms with Crippen molar-refractivity contribution in [3.05, 3.63) is 0 Å². The third-order valence-corrected chi connectivity index (χ3v) is 2.70. The van der Waals surface area contributed by atoms with E-state index in [1.165, 1.54) is 38.8 Å². The average molecular weight is 215 g/mol. The van der Waals surface area contributed by atoms with E-state index in [-0.39, 0.29) is 0 Å². The minimum absolute atomic E-state index is 0.369. The lowest BCUT2D eigenvalue weighted by Crippen LogP contribution is -2.50. The Bertz CT molecular complexity index is 120. The molecule has 0 bridgehead atoms. The molecule has 3 heteroatoms. The number of nitrogens with one attached hydrogen (secondary N) is 1. The molecule has 92 valence electrons. The van der Waals surface area contributed by atoms with Gasteiger partial charge < -0.3 is 11.1 Å². The highest BCUT2D eigenvalue weighted by Crippen LogP contribution is 2.02. The molecule has 0 rings (SSSR count). The van der Waals surface area contributed by atoms with Crippen molar-refractivity contribution in [3.63, 3.8) is 0 Å². The van der Waals surface area contributed by atoms with E-state index < -0.39 is 0 Å². The van der Waals surface area contributed by atoms with Crippen molar-refractivity contribution in [2.75, 3.05) is 26.2 Å². The lowest BCUT2D eigenvalue weighted by atomic mass is 10.2. The number of nitrogens with two attached hydrogens (primary N) is 1. The monoisotopic (exact) mass is 215 g/mol. The normalized spacial score (nSPS) is 13.4. The molecule has 0 aliphatic carbocycles. The molecule has 0 aliphatic heterocycles. The summed E-state index contributed by atoms with van der Waals surface area (Å²) in [6, 6.07) is 0. The van der Waals surface area contributed by atoms with Gasteiger partial charge in [0.2, 0.25) is 0 Å². The van der Waals surface area contributed by atoms with Crippen molar-refractivity contribution >= 4 is 0 Å². The van der Waals surface area contributed by atoms with E-state index in [0.717, 1.165) is 6.54 Å². The van der Waals surface area contributed by atoms with Crippen molar-refractivity contribution in [2.45, 2.75) is 52.6 Å². The molecule has 1 atom stereocenters. The maximum Gasteiger partial charge on any atom is 0.0723 e. The van der Waals surface area contributed by atoms with Crippen LogP contribution in [-0.4, -0.2) is 37.2 Å². The van der Waals surface area contributed by atoms with Crippen LogP contribution in [0.3, 0.4) is 0 Å². The van der Waals surface area contributed by atoms with E-state index in [4.69, 9.17) is 5.73 Å². The maximum absolute atomic E-state index is 5.80. The molecule has 0 spiro atoms. The molecule has 0 aliphatic rings. The molecule has 0 radical (unpaired) electrons. The van der Waals surface area contributed by atoms with E-state index in [0.29, 0.717) is 12.7 Å². The summed E-state index contributed by atoms with van der Waals surface area (Å²) in [6.07, 6.45) is 5.42. The van der Waals surface area contributed by atoms with Crippen LogP contribution in [0.25, 0.3) is 0 Å². The third-order valence-electron chi connectivity index (χ3n) is 2.70. The van der Waals surface area contributed by atoms with Crippen molar-refractivity contribution in [1.82, 2.24) is 10.2 Å². The summed E-state index contributed by atoms with van der Waals surface area (Å²) in [7, 11) is 0. The summed E-state index contributed by atoms with van der Waals surface area (Å²) in [5.74, 6) is 0. The van der Waals surface area contributed by atoms with Gasteiger partial charge in [-0.05, 0) is 32.5 Å². The van der Waals surface area contributed by atoms with Gasteiger partial charge in [-0.25, -0.2) is 0 Å². The molecule has 0 amide bonds. The van der Waals surface area contributed by atoms with Crippen LogP contribution < -0.4 is 11.1 Å². The summed E-state index contributed by atoms with van der Waals surface area (Å²) in [5, 5.41) is 3.45. The Labute approximate surface area is 95.4 Å². The van der Waals surface area contributed by atoms with Crippen LogP contribution in [0.4, 0.5) is 0 Å². The number of hydrogen-bond donors (Lipinski definition) is 2. The second kappa shape index (κ2) is 10.4. The first kappa shape index (κ1) is 14.9. The molecule has 3 N–H and O–H groups in total. The first-order valence-corrected chi connectivity index (χ1v) is 6.47. The SMILES string of the molecule is CCCCN(CCCC)C(CN)NCC. The summed E-state index contributed by atoms with van der Waals surface area (Å²) in [4.78, 5) is 2.50. The zero-order valence-corrected chi connectivity index (χ0v) is 10.8. The molecule has 0 heterocycles. The van der Waals surface area contributed by atoms with Crippen molar-refractivity contribution in [2.24, 2.45) is 5.73 Å². The lowest BCUT2D eigenvalue weighted by molar-refractivity contribution is 0.166. The van der Waals surface area contributed by atoms with Gasteiger partial charge >= 0.3 is 0 Å².